The van der Waals surface area contributed by atoms with Crippen LogP contribution < -0.4 is 0 Å². The fraction of sp³-hybridized carbons (Fsp3) is 0.688. The van der Waals surface area contributed by atoms with E-state index in [4.69, 9.17) is 0 Å². The number of nitrogens with zero attached hydrogens (tertiary/aromatic N) is 5. The maximum absolute atomic E-state index is 12.8. The number of sulfonamides is 1. The lowest BCUT2D eigenvalue weighted by atomic mass is 10.1. The fourth-order valence-corrected chi connectivity index (χ4v) is 3.68. The smallest absolute Gasteiger partial charge is 0.257 e. The molecule has 2 amide bonds. The van der Waals surface area contributed by atoms with Crippen molar-refractivity contribution >= 4 is 21.8 Å². The van der Waals surface area contributed by atoms with Crippen molar-refractivity contribution in [3.63, 3.8) is 0 Å². The van der Waals surface area contributed by atoms with E-state index in [2.05, 4.69) is 5.10 Å². The summed E-state index contributed by atoms with van der Waals surface area (Å²) in [6.45, 7) is 2.38. The number of carbonyl (C=O) groups is 2. The van der Waals surface area contributed by atoms with Crippen LogP contribution in [0.1, 0.15) is 28.9 Å². The van der Waals surface area contributed by atoms with Crippen LogP contribution >= 0.6 is 0 Å². The highest BCUT2D eigenvalue weighted by atomic mass is 32.2. The normalized spacial score (nSPS) is 18.1. The summed E-state index contributed by atoms with van der Waals surface area (Å²) in [5.74, 6) is -0.276. The maximum atomic E-state index is 12.8. The fourth-order valence-electron chi connectivity index (χ4n) is 3.34. The quantitative estimate of drug-likeness (QED) is 0.692. The summed E-state index contributed by atoms with van der Waals surface area (Å²) >= 11 is 0. The monoisotopic (exact) mass is 383 g/mol. The summed E-state index contributed by atoms with van der Waals surface area (Å²) in [5, 5.41) is 4.31. The number of hydrogen-bond acceptors (Lipinski definition) is 5. The Morgan fingerprint density at radius 2 is 1.77 bits per heavy atom. The standard InChI is InChI=1S/C16H25N5O4S/c1-18(26(2,24)25)12-15(22)19-7-9-20(10-8-19)16(23)13-11-17-21-6-4-3-5-14(13)21/h11H,3-10,12H2,1-2H3. The Kier molecular flexibility index (Phi) is 5.33. The highest BCUT2D eigenvalue weighted by Gasteiger charge is 2.29. The molecule has 10 heteroatoms. The van der Waals surface area contributed by atoms with Gasteiger partial charge in [0.15, 0.2) is 0 Å². The largest absolute Gasteiger partial charge is 0.338 e. The van der Waals surface area contributed by atoms with Gasteiger partial charge in [-0.05, 0) is 19.3 Å². The van der Waals surface area contributed by atoms with Crippen LogP contribution in [-0.4, -0.2) is 90.1 Å². The first-order valence-electron chi connectivity index (χ1n) is 8.80. The van der Waals surface area contributed by atoms with Crippen molar-refractivity contribution in [2.75, 3.05) is 46.0 Å². The number of rotatable bonds is 4. The summed E-state index contributed by atoms with van der Waals surface area (Å²) < 4.78 is 25.8. The predicted molar refractivity (Wildman–Crippen MR) is 95.1 cm³/mol. The molecule has 2 aliphatic heterocycles. The number of piperazine rings is 1. The SMILES string of the molecule is CN(CC(=O)N1CCN(C(=O)c2cnn3c2CCCC3)CC1)S(C)(=O)=O. The van der Waals surface area contributed by atoms with Gasteiger partial charge in [-0.15, -0.1) is 0 Å². The van der Waals surface area contributed by atoms with Crippen LogP contribution in [0.4, 0.5) is 0 Å². The Morgan fingerprint density at radius 3 is 2.42 bits per heavy atom. The minimum Gasteiger partial charge on any atom is -0.338 e. The first kappa shape index (κ1) is 18.8. The van der Waals surface area contributed by atoms with Crippen LogP contribution in [0.3, 0.4) is 0 Å². The van der Waals surface area contributed by atoms with Crippen LogP contribution in [0, 0.1) is 0 Å². The average Bonchev–Trinajstić information content (AvgIpc) is 3.04. The molecule has 0 saturated carbocycles. The third kappa shape index (κ3) is 3.90. The highest BCUT2D eigenvalue weighted by molar-refractivity contribution is 7.88. The second-order valence-corrected chi connectivity index (χ2v) is 8.97. The van der Waals surface area contributed by atoms with Crippen molar-refractivity contribution in [2.24, 2.45) is 0 Å². The van der Waals surface area contributed by atoms with E-state index in [-0.39, 0.29) is 18.4 Å². The van der Waals surface area contributed by atoms with Crippen molar-refractivity contribution < 1.29 is 18.0 Å². The molecule has 0 unspecified atom stereocenters. The molecule has 0 aliphatic carbocycles. The Morgan fingerprint density at radius 1 is 1.12 bits per heavy atom. The number of amides is 2. The molecule has 1 aromatic heterocycles. The molecule has 3 heterocycles. The Bertz CT molecular complexity index is 796. The topological polar surface area (TPSA) is 95.8 Å². The molecular weight excluding hydrogens is 358 g/mol. The van der Waals surface area contributed by atoms with E-state index in [1.54, 1.807) is 16.0 Å². The van der Waals surface area contributed by atoms with Crippen LogP contribution in [0.5, 0.6) is 0 Å². The minimum atomic E-state index is -3.39. The summed E-state index contributed by atoms with van der Waals surface area (Å²) in [6.07, 6.45) is 5.76. The molecule has 0 aromatic carbocycles. The van der Waals surface area contributed by atoms with Crippen molar-refractivity contribution in [2.45, 2.75) is 25.8 Å². The lowest BCUT2D eigenvalue weighted by molar-refractivity contribution is -0.132. The minimum absolute atomic E-state index is 0.0338. The summed E-state index contributed by atoms with van der Waals surface area (Å²) in [6, 6.07) is 0. The van der Waals surface area contributed by atoms with Gasteiger partial charge in [0, 0.05) is 39.8 Å². The van der Waals surface area contributed by atoms with Crippen molar-refractivity contribution in [3.8, 4) is 0 Å². The molecule has 0 bridgehead atoms. The van der Waals surface area contributed by atoms with E-state index in [1.165, 1.54) is 7.05 Å². The summed E-state index contributed by atoms with van der Waals surface area (Å²) in [4.78, 5) is 28.4. The molecule has 26 heavy (non-hydrogen) atoms. The number of aromatic nitrogens is 2. The van der Waals surface area contributed by atoms with E-state index < -0.39 is 10.0 Å². The Balaban J connectivity index is 1.57. The predicted octanol–water partition coefficient (Wildman–Crippen LogP) is -0.605. The molecule has 0 N–H and O–H groups in total. The van der Waals surface area contributed by atoms with E-state index in [0.717, 1.165) is 42.1 Å². The first-order valence-corrected chi connectivity index (χ1v) is 10.7. The second-order valence-electron chi connectivity index (χ2n) is 6.88. The number of carbonyl (C=O) groups excluding carboxylic acids is 2. The van der Waals surface area contributed by atoms with E-state index in [1.807, 2.05) is 4.68 Å². The van der Waals surface area contributed by atoms with Crippen LogP contribution in [0.2, 0.25) is 0 Å². The zero-order valence-corrected chi connectivity index (χ0v) is 16.0. The Labute approximate surface area is 153 Å². The van der Waals surface area contributed by atoms with E-state index in [9.17, 15) is 18.0 Å². The number of hydrogen-bond donors (Lipinski definition) is 0. The molecule has 1 saturated heterocycles. The second kappa shape index (κ2) is 7.36. The molecule has 2 aliphatic rings. The zero-order chi connectivity index (χ0) is 18.9. The average molecular weight is 383 g/mol. The molecule has 0 atom stereocenters. The van der Waals surface area contributed by atoms with Crippen LogP contribution in [0.15, 0.2) is 6.20 Å². The van der Waals surface area contributed by atoms with Gasteiger partial charge in [0.25, 0.3) is 5.91 Å². The lowest BCUT2D eigenvalue weighted by Crippen LogP contribution is -2.52. The van der Waals surface area contributed by atoms with E-state index in [0.29, 0.717) is 31.7 Å². The van der Waals surface area contributed by atoms with Crippen LogP contribution in [-0.2, 0) is 27.8 Å². The molecule has 9 nitrogen and oxygen atoms in total. The number of fused-ring (bicyclic) bond motifs is 1. The van der Waals surface area contributed by atoms with Gasteiger partial charge in [-0.3, -0.25) is 14.3 Å². The van der Waals surface area contributed by atoms with Gasteiger partial charge < -0.3 is 9.80 Å². The summed E-state index contributed by atoms with van der Waals surface area (Å²) in [7, 11) is -2.00. The number of likely N-dealkylation sites (N-methyl/N-ethyl adjacent to an activating group) is 1. The third-order valence-corrected chi connectivity index (χ3v) is 6.32. The van der Waals surface area contributed by atoms with Gasteiger partial charge in [-0.1, -0.05) is 0 Å². The van der Waals surface area contributed by atoms with Gasteiger partial charge in [-0.25, -0.2) is 8.42 Å². The maximum Gasteiger partial charge on any atom is 0.257 e. The molecule has 1 fully saturated rings. The molecule has 0 radical (unpaired) electrons. The van der Waals surface area contributed by atoms with Gasteiger partial charge >= 0.3 is 0 Å². The highest BCUT2D eigenvalue weighted by Crippen LogP contribution is 2.20. The van der Waals surface area contributed by atoms with Gasteiger partial charge in [-0.2, -0.15) is 9.40 Å². The van der Waals surface area contributed by atoms with Crippen molar-refractivity contribution in [1.82, 2.24) is 23.9 Å². The number of aryl methyl sites for hydroxylation is 1. The zero-order valence-electron chi connectivity index (χ0n) is 15.2. The summed E-state index contributed by atoms with van der Waals surface area (Å²) in [5.41, 5.74) is 1.68. The van der Waals surface area contributed by atoms with Crippen molar-refractivity contribution in [1.29, 1.82) is 0 Å². The van der Waals surface area contributed by atoms with Crippen LogP contribution in [0.25, 0.3) is 0 Å². The molecule has 144 valence electrons. The van der Waals surface area contributed by atoms with Crippen molar-refractivity contribution in [3.05, 3.63) is 17.5 Å². The van der Waals surface area contributed by atoms with E-state index >= 15 is 0 Å². The molecule has 0 spiro atoms. The van der Waals surface area contributed by atoms with Gasteiger partial charge in [0.2, 0.25) is 15.9 Å². The molecule has 1 aromatic rings. The third-order valence-electron chi connectivity index (χ3n) is 5.06. The molecular formula is C16H25N5O4S. The Hall–Kier alpha value is -1.94. The van der Waals surface area contributed by atoms with Gasteiger partial charge in [0.1, 0.15) is 0 Å². The molecule has 3 rings (SSSR count). The first-order chi connectivity index (χ1) is 12.3. The van der Waals surface area contributed by atoms with Gasteiger partial charge in [0.05, 0.1) is 30.3 Å². The lowest BCUT2D eigenvalue weighted by Gasteiger charge is -2.35.